The predicted octanol–water partition coefficient (Wildman–Crippen LogP) is 4.90. The lowest BCUT2D eigenvalue weighted by atomic mass is 10.1. The van der Waals surface area contributed by atoms with Crippen molar-refractivity contribution in [1.82, 2.24) is 15.1 Å². The summed E-state index contributed by atoms with van der Waals surface area (Å²) in [7, 11) is 1.92. The summed E-state index contributed by atoms with van der Waals surface area (Å²) in [5.41, 5.74) is 2.02. The van der Waals surface area contributed by atoms with Crippen molar-refractivity contribution in [2.45, 2.75) is 32.7 Å². The zero-order valence-electron chi connectivity index (χ0n) is 14.1. The summed E-state index contributed by atoms with van der Waals surface area (Å²) in [6.45, 7) is 6.18. The molecule has 1 unspecified atom stereocenters. The average molecular weight is 362 g/mol. The molecule has 4 nitrogen and oxygen atoms in total. The number of halogens is 1. The van der Waals surface area contributed by atoms with Gasteiger partial charge in [0.15, 0.2) is 0 Å². The summed E-state index contributed by atoms with van der Waals surface area (Å²) < 4.78 is 1.85. The first-order valence-corrected chi connectivity index (χ1v) is 9.09. The molecule has 3 rings (SSSR count). The topological polar surface area (TPSA) is 46.9 Å². The molecule has 2 aromatic heterocycles. The minimum atomic E-state index is -0.107. The number of carbonyl (C=O) groups is 1. The Morgan fingerprint density at radius 3 is 2.71 bits per heavy atom. The standard InChI is InChI=1S/C18H20ClN3OS/c1-10(2)16-14-9-15(24-18(14)22(4)21-16)17(23)20-11(3)12-6-5-7-13(19)8-12/h5-11H,1-4H3,(H,20,23). The Hall–Kier alpha value is -1.85. The van der Waals surface area contributed by atoms with E-state index in [0.717, 1.165) is 21.5 Å². The largest absolute Gasteiger partial charge is 0.345 e. The molecule has 0 saturated carbocycles. The van der Waals surface area contributed by atoms with E-state index in [4.69, 9.17) is 11.6 Å². The highest BCUT2D eigenvalue weighted by Gasteiger charge is 2.19. The molecule has 1 amide bonds. The number of thiophene rings is 1. The van der Waals surface area contributed by atoms with Gasteiger partial charge in [-0.2, -0.15) is 5.10 Å². The number of rotatable bonds is 4. The van der Waals surface area contributed by atoms with Crippen molar-refractivity contribution in [3.8, 4) is 0 Å². The number of aryl methyl sites for hydroxylation is 1. The van der Waals surface area contributed by atoms with E-state index in [1.807, 2.05) is 49.0 Å². The molecule has 0 bridgehead atoms. The number of carbonyl (C=O) groups excluding carboxylic acids is 1. The maximum absolute atomic E-state index is 12.6. The van der Waals surface area contributed by atoms with E-state index >= 15 is 0 Å². The van der Waals surface area contributed by atoms with Gasteiger partial charge in [-0.05, 0) is 36.6 Å². The van der Waals surface area contributed by atoms with Crippen molar-refractivity contribution in [3.05, 3.63) is 51.5 Å². The van der Waals surface area contributed by atoms with E-state index in [-0.39, 0.29) is 11.9 Å². The van der Waals surface area contributed by atoms with Crippen LogP contribution in [0.1, 0.15) is 53.7 Å². The lowest BCUT2D eigenvalue weighted by molar-refractivity contribution is 0.0944. The molecule has 1 atom stereocenters. The second-order valence-corrected chi connectivity index (χ2v) is 7.71. The third-order valence-corrected chi connectivity index (χ3v) is 5.44. The van der Waals surface area contributed by atoms with Crippen molar-refractivity contribution >= 4 is 39.1 Å². The summed E-state index contributed by atoms with van der Waals surface area (Å²) >= 11 is 7.50. The van der Waals surface area contributed by atoms with Crippen LogP contribution in [0.3, 0.4) is 0 Å². The minimum absolute atomic E-state index is 0.0709. The first-order chi connectivity index (χ1) is 11.4. The van der Waals surface area contributed by atoms with Gasteiger partial charge in [-0.1, -0.05) is 37.6 Å². The summed E-state index contributed by atoms with van der Waals surface area (Å²) in [6.07, 6.45) is 0. The van der Waals surface area contributed by atoms with Crippen LogP contribution in [0, 0.1) is 0 Å². The van der Waals surface area contributed by atoms with E-state index in [1.54, 1.807) is 0 Å². The molecule has 0 aliphatic carbocycles. The van der Waals surface area contributed by atoms with Gasteiger partial charge in [0.1, 0.15) is 4.83 Å². The average Bonchev–Trinajstić information content (AvgIpc) is 3.08. The molecule has 6 heteroatoms. The molecule has 1 aromatic carbocycles. The minimum Gasteiger partial charge on any atom is -0.345 e. The molecule has 0 aliphatic rings. The number of hydrogen-bond donors (Lipinski definition) is 1. The molecule has 3 aromatic rings. The van der Waals surface area contributed by atoms with Gasteiger partial charge in [0, 0.05) is 17.5 Å². The Bertz CT molecular complexity index is 897. The van der Waals surface area contributed by atoms with Crippen LogP contribution in [-0.2, 0) is 7.05 Å². The quantitative estimate of drug-likeness (QED) is 0.718. The van der Waals surface area contributed by atoms with Gasteiger partial charge in [0.05, 0.1) is 16.6 Å². The number of nitrogens with one attached hydrogen (secondary N) is 1. The van der Waals surface area contributed by atoms with Crippen LogP contribution in [0.4, 0.5) is 0 Å². The fourth-order valence-electron chi connectivity index (χ4n) is 2.73. The summed E-state index contributed by atoms with van der Waals surface area (Å²) in [4.78, 5) is 14.3. The monoisotopic (exact) mass is 361 g/mol. The Labute approximate surface area is 150 Å². The number of hydrogen-bond acceptors (Lipinski definition) is 3. The van der Waals surface area contributed by atoms with Gasteiger partial charge in [0.25, 0.3) is 5.91 Å². The van der Waals surface area contributed by atoms with Crippen molar-refractivity contribution in [2.75, 3.05) is 0 Å². The SMILES string of the molecule is CC(C)c1nn(C)c2sc(C(=O)NC(C)c3cccc(Cl)c3)cc12. The lowest BCUT2D eigenvalue weighted by Crippen LogP contribution is -2.25. The maximum Gasteiger partial charge on any atom is 0.261 e. The Morgan fingerprint density at radius 2 is 2.04 bits per heavy atom. The number of benzene rings is 1. The smallest absolute Gasteiger partial charge is 0.261 e. The van der Waals surface area contributed by atoms with Gasteiger partial charge in [-0.25, -0.2) is 0 Å². The normalized spacial score (nSPS) is 12.8. The van der Waals surface area contributed by atoms with Crippen LogP contribution in [0.25, 0.3) is 10.2 Å². The highest BCUT2D eigenvalue weighted by Crippen LogP contribution is 2.31. The fourth-order valence-corrected chi connectivity index (χ4v) is 3.91. The second-order valence-electron chi connectivity index (χ2n) is 6.24. The van der Waals surface area contributed by atoms with Crippen LogP contribution < -0.4 is 5.32 Å². The van der Waals surface area contributed by atoms with Gasteiger partial charge in [0.2, 0.25) is 0 Å². The number of aromatic nitrogens is 2. The third-order valence-electron chi connectivity index (χ3n) is 4.01. The molecule has 0 saturated heterocycles. The highest BCUT2D eigenvalue weighted by molar-refractivity contribution is 7.20. The molecular formula is C18H20ClN3OS. The van der Waals surface area contributed by atoms with Crippen LogP contribution in [-0.4, -0.2) is 15.7 Å². The van der Waals surface area contributed by atoms with E-state index in [1.165, 1.54) is 11.3 Å². The summed E-state index contributed by atoms with van der Waals surface area (Å²) in [5.74, 6) is 0.253. The number of fused-ring (bicyclic) bond motifs is 1. The predicted molar refractivity (Wildman–Crippen MR) is 100 cm³/mol. The molecule has 0 fully saturated rings. The zero-order chi connectivity index (χ0) is 17.4. The Kier molecular flexibility index (Phi) is 4.65. The van der Waals surface area contributed by atoms with Crippen LogP contribution in [0.2, 0.25) is 5.02 Å². The van der Waals surface area contributed by atoms with Crippen molar-refractivity contribution in [2.24, 2.45) is 7.05 Å². The van der Waals surface area contributed by atoms with E-state index in [2.05, 4.69) is 24.3 Å². The summed E-state index contributed by atoms with van der Waals surface area (Å²) in [6, 6.07) is 9.39. The van der Waals surface area contributed by atoms with Crippen LogP contribution >= 0.6 is 22.9 Å². The molecular weight excluding hydrogens is 342 g/mol. The molecule has 126 valence electrons. The first kappa shape index (κ1) is 17.0. The molecule has 2 heterocycles. The number of nitrogens with zero attached hydrogens (tertiary/aromatic N) is 2. The molecule has 0 radical (unpaired) electrons. The van der Waals surface area contributed by atoms with E-state index in [0.29, 0.717) is 15.8 Å². The molecule has 1 N–H and O–H groups in total. The van der Waals surface area contributed by atoms with Crippen LogP contribution in [0.5, 0.6) is 0 Å². The fraction of sp³-hybridized carbons (Fsp3) is 0.333. The van der Waals surface area contributed by atoms with Gasteiger partial charge < -0.3 is 5.32 Å². The molecule has 0 aliphatic heterocycles. The Morgan fingerprint density at radius 1 is 1.29 bits per heavy atom. The summed E-state index contributed by atoms with van der Waals surface area (Å²) in [5, 5.41) is 9.33. The van der Waals surface area contributed by atoms with Crippen molar-refractivity contribution in [3.63, 3.8) is 0 Å². The van der Waals surface area contributed by atoms with Gasteiger partial charge in [-0.15, -0.1) is 11.3 Å². The maximum atomic E-state index is 12.6. The van der Waals surface area contributed by atoms with Crippen molar-refractivity contribution in [1.29, 1.82) is 0 Å². The number of amides is 1. The third kappa shape index (κ3) is 3.19. The molecule has 0 spiro atoms. The zero-order valence-corrected chi connectivity index (χ0v) is 15.7. The molecule has 24 heavy (non-hydrogen) atoms. The van der Waals surface area contributed by atoms with Gasteiger partial charge >= 0.3 is 0 Å². The Balaban J connectivity index is 1.85. The first-order valence-electron chi connectivity index (χ1n) is 7.89. The lowest BCUT2D eigenvalue weighted by Gasteiger charge is -2.13. The van der Waals surface area contributed by atoms with Gasteiger partial charge in [-0.3, -0.25) is 9.48 Å². The highest BCUT2D eigenvalue weighted by atomic mass is 35.5. The van der Waals surface area contributed by atoms with Crippen LogP contribution in [0.15, 0.2) is 30.3 Å². The van der Waals surface area contributed by atoms with E-state index < -0.39 is 0 Å². The van der Waals surface area contributed by atoms with Crippen molar-refractivity contribution < 1.29 is 4.79 Å². The van der Waals surface area contributed by atoms with E-state index in [9.17, 15) is 4.79 Å². The second kappa shape index (κ2) is 6.57.